The van der Waals surface area contributed by atoms with Gasteiger partial charge in [-0.15, -0.1) is 24.0 Å². The van der Waals surface area contributed by atoms with E-state index in [0.29, 0.717) is 6.04 Å². The molecular weight excluding hydrogens is 499 g/mol. The molecule has 29 heavy (non-hydrogen) atoms. The molecule has 2 saturated heterocycles. The zero-order valence-electron chi connectivity index (χ0n) is 17.8. The lowest BCUT2D eigenvalue weighted by atomic mass is 9.99. The molecule has 1 atom stereocenters. The van der Waals surface area contributed by atoms with E-state index in [0.717, 1.165) is 75.3 Å². The summed E-state index contributed by atoms with van der Waals surface area (Å²) in [6.07, 6.45) is 3.28. The number of halogens is 1. The Bertz CT molecular complexity index is 650. The van der Waals surface area contributed by atoms with Crippen molar-refractivity contribution in [2.24, 2.45) is 4.99 Å². The summed E-state index contributed by atoms with van der Waals surface area (Å²) in [5, 5.41) is 7.21. The second kappa shape index (κ2) is 12.1. The highest BCUT2D eigenvalue weighted by Crippen LogP contribution is 2.35. The fourth-order valence-electron chi connectivity index (χ4n) is 4.04. The van der Waals surface area contributed by atoms with Gasteiger partial charge in [0.25, 0.3) is 0 Å². The topological polar surface area (TPSA) is 58.1 Å². The summed E-state index contributed by atoms with van der Waals surface area (Å²) in [4.78, 5) is 6.85. The van der Waals surface area contributed by atoms with Crippen LogP contribution in [0.3, 0.4) is 0 Å². The molecule has 0 radical (unpaired) electrons. The monoisotopic (exact) mass is 534 g/mol. The maximum absolute atomic E-state index is 5.58. The summed E-state index contributed by atoms with van der Waals surface area (Å²) in [6.45, 7) is 6.84. The van der Waals surface area contributed by atoms with Crippen LogP contribution in [0.15, 0.2) is 29.3 Å². The number of para-hydroxylation sites is 2. The Balaban J connectivity index is 0.00000300. The molecule has 2 heterocycles. The van der Waals surface area contributed by atoms with E-state index in [1.165, 1.54) is 0 Å². The van der Waals surface area contributed by atoms with Crippen molar-refractivity contribution < 1.29 is 9.47 Å². The van der Waals surface area contributed by atoms with Gasteiger partial charge in [-0.05, 0) is 37.1 Å². The van der Waals surface area contributed by atoms with E-state index in [1.807, 2.05) is 30.9 Å². The number of hydrogen-bond donors (Lipinski definition) is 2. The SMILES string of the molecule is CCSC1(CNC(=NC)NC2CCN(c3ccccc3OC)C2)CCOCC1.I. The van der Waals surface area contributed by atoms with E-state index in [4.69, 9.17) is 9.47 Å². The molecule has 6 nitrogen and oxygen atoms in total. The van der Waals surface area contributed by atoms with Gasteiger partial charge in [-0.3, -0.25) is 4.99 Å². The summed E-state index contributed by atoms with van der Waals surface area (Å²) < 4.78 is 11.4. The van der Waals surface area contributed by atoms with Crippen LogP contribution in [0.2, 0.25) is 0 Å². The first kappa shape index (κ1) is 24.4. The van der Waals surface area contributed by atoms with E-state index < -0.39 is 0 Å². The summed E-state index contributed by atoms with van der Waals surface area (Å²) in [5.41, 5.74) is 1.16. The third-order valence-electron chi connectivity index (χ3n) is 5.61. The Kier molecular flexibility index (Phi) is 10.2. The molecule has 2 fully saturated rings. The Hall–Kier alpha value is -0.870. The second-order valence-corrected chi connectivity index (χ2v) is 9.13. The largest absolute Gasteiger partial charge is 0.495 e. The number of nitrogens with one attached hydrogen (secondary N) is 2. The summed E-state index contributed by atoms with van der Waals surface area (Å²) >= 11 is 2.05. The lowest BCUT2D eigenvalue weighted by molar-refractivity contribution is 0.0782. The van der Waals surface area contributed by atoms with Gasteiger partial charge in [0.05, 0.1) is 12.8 Å². The number of aliphatic imine (C=N–C) groups is 1. The van der Waals surface area contributed by atoms with Crippen LogP contribution in [-0.4, -0.2) is 69.5 Å². The maximum Gasteiger partial charge on any atom is 0.191 e. The number of ether oxygens (including phenoxy) is 2. The molecule has 0 aliphatic carbocycles. The number of benzene rings is 1. The van der Waals surface area contributed by atoms with Crippen LogP contribution in [-0.2, 0) is 4.74 Å². The van der Waals surface area contributed by atoms with Crippen LogP contribution in [0.25, 0.3) is 0 Å². The number of rotatable bonds is 7. The zero-order chi connectivity index (χ0) is 19.8. The average molecular weight is 535 g/mol. The smallest absolute Gasteiger partial charge is 0.191 e. The standard InChI is InChI=1S/C21H34N4O2S.HI/c1-4-28-21(10-13-27-14-11-21)16-23-20(22-2)24-17-9-12-25(15-17)18-7-5-6-8-19(18)26-3;/h5-8,17H,4,9-16H2,1-3H3,(H2,22,23,24);1H. The molecule has 2 aliphatic rings. The number of nitrogens with zero attached hydrogens (tertiary/aromatic N) is 2. The highest BCUT2D eigenvalue weighted by molar-refractivity contribution is 14.0. The normalized spacial score (nSPS) is 21.4. The van der Waals surface area contributed by atoms with E-state index in [2.05, 4.69) is 39.6 Å². The summed E-state index contributed by atoms with van der Waals surface area (Å²) in [5.74, 6) is 2.96. The third-order valence-corrected chi connectivity index (χ3v) is 7.06. The van der Waals surface area contributed by atoms with Crippen molar-refractivity contribution in [2.75, 3.05) is 57.7 Å². The van der Waals surface area contributed by atoms with Crippen LogP contribution in [0.5, 0.6) is 5.75 Å². The Morgan fingerprint density at radius 2 is 2.10 bits per heavy atom. The average Bonchev–Trinajstić information content (AvgIpc) is 3.20. The van der Waals surface area contributed by atoms with Gasteiger partial charge in [0, 0.05) is 50.7 Å². The number of guanidine groups is 1. The zero-order valence-corrected chi connectivity index (χ0v) is 20.9. The van der Waals surface area contributed by atoms with Crippen molar-refractivity contribution in [1.29, 1.82) is 0 Å². The molecule has 0 amide bonds. The van der Waals surface area contributed by atoms with Gasteiger partial charge in [0.1, 0.15) is 5.75 Å². The molecule has 0 aromatic heterocycles. The quantitative estimate of drug-likeness (QED) is 0.318. The molecule has 0 spiro atoms. The van der Waals surface area contributed by atoms with Crippen LogP contribution in [0.4, 0.5) is 5.69 Å². The first-order valence-corrected chi connectivity index (χ1v) is 11.2. The van der Waals surface area contributed by atoms with Gasteiger partial charge in [-0.25, -0.2) is 0 Å². The summed E-state index contributed by atoms with van der Waals surface area (Å²) in [7, 11) is 3.59. The van der Waals surface area contributed by atoms with Gasteiger partial charge in [0.15, 0.2) is 5.96 Å². The predicted octanol–water partition coefficient (Wildman–Crippen LogP) is 3.36. The minimum Gasteiger partial charge on any atom is -0.495 e. The first-order valence-electron chi connectivity index (χ1n) is 10.3. The molecule has 2 N–H and O–H groups in total. The highest BCUT2D eigenvalue weighted by atomic mass is 127. The molecule has 0 bridgehead atoms. The lowest BCUT2D eigenvalue weighted by Gasteiger charge is -2.37. The molecule has 1 aromatic carbocycles. The van der Waals surface area contributed by atoms with E-state index in [9.17, 15) is 0 Å². The molecule has 164 valence electrons. The van der Waals surface area contributed by atoms with Gasteiger partial charge in [0.2, 0.25) is 0 Å². The van der Waals surface area contributed by atoms with Crippen LogP contribution in [0.1, 0.15) is 26.2 Å². The minimum absolute atomic E-state index is 0. The summed E-state index contributed by atoms with van der Waals surface area (Å²) in [6, 6.07) is 8.61. The van der Waals surface area contributed by atoms with Crippen molar-refractivity contribution in [2.45, 2.75) is 37.0 Å². The number of methoxy groups -OCH3 is 1. The van der Waals surface area contributed by atoms with Crippen molar-refractivity contribution in [3.05, 3.63) is 24.3 Å². The molecule has 3 rings (SSSR count). The van der Waals surface area contributed by atoms with Crippen LogP contribution < -0.4 is 20.3 Å². The Morgan fingerprint density at radius 1 is 1.34 bits per heavy atom. The minimum atomic E-state index is 0. The lowest BCUT2D eigenvalue weighted by Crippen LogP contribution is -2.50. The van der Waals surface area contributed by atoms with Crippen molar-refractivity contribution in [1.82, 2.24) is 10.6 Å². The second-order valence-electron chi connectivity index (χ2n) is 7.40. The number of thioether (sulfide) groups is 1. The molecular formula is C21H35IN4O2S. The van der Waals surface area contributed by atoms with Crippen molar-refractivity contribution in [3.8, 4) is 5.75 Å². The van der Waals surface area contributed by atoms with Crippen LogP contribution >= 0.6 is 35.7 Å². The Labute approximate surface area is 196 Å². The number of hydrogen-bond acceptors (Lipinski definition) is 5. The molecule has 1 unspecified atom stereocenters. The van der Waals surface area contributed by atoms with Crippen molar-refractivity contribution in [3.63, 3.8) is 0 Å². The molecule has 0 saturated carbocycles. The van der Waals surface area contributed by atoms with E-state index >= 15 is 0 Å². The van der Waals surface area contributed by atoms with Crippen LogP contribution in [0, 0.1) is 0 Å². The molecule has 8 heteroatoms. The fourth-order valence-corrected chi connectivity index (χ4v) is 5.28. The van der Waals surface area contributed by atoms with Gasteiger partial charge >= 0.3 is 0 Å². The van der Waals surface area contributed by atoms with Gasteiger partial charge in [-0.2, -0.15) is 11.8 Å². The number of anilines is 1. The van der Waals surface area contributed by atoms with E-state index in [1.54, 1.807) is 7.11 Å². The predicted molar refractivity (Wildman–Crippen MR) is 134 cm³/mol. The molecule has 2 aliphatic heterocycles. The maximum atomic E-state index is 5.58. The third kappa shape index (κ3) is 6.55. The molecule has 1 aromatic rings. The highest BCUT2D eigenvalue weighted by Gasteiger charge is 2.33. The van der Waals surface area contributed by atoms with E-state index in [-0.39, 0.29) is 28.7 Å². The fraction of sp³-hybridized carbons (Fsp3) is 0.667. The van der Waals surface area contributed by atoms with Gasteiger partial charge < -0.3 is 25.0 Å². The van der Waals surface area contributed by atoms with Gasteiger partial charge in [-0.1, -0.05) is 19.1 Å². The first-order chi connectivity index (χ1) is 13.7. The Morgan fingerprint density at radius 3 is 2.79 bits per heavy atom. The van der Waals surface area contributed by atoms with Crippen molar-refractivity contribution >= 4 is 47.4 Å².